The summed E-state index contributed by atoms with van der Waals surface area (Å²) in [6.07, 6.45) is 0. The van der Waals surface area contributed by atoms with Crippen LogP contribution in [0.4, 0.5) is 5.95 Å². The van der Waals surface area contributed by atoms with E-state index in [1.165, 1.54) is 0 Å². The van der Waals surface area contributed by atoms with Crippen LogP contribution in [0.15, 0.2) is 46.9 Å². The first-order valence-corrected chi connectivity index (χ1v) is 7.47. The summed E-state index contributed by atoms with van der Waals surface area (Å²) in [5.74, 6) is 1.22. The molecule has 0 radical (unpaired) electrons. The van der Waals surface area contributed by atoms with E-state index in [9.17, 15) is 0 Å². The maximum absolute atomic E-state index is 6.14. The molecular weight excluding hydrogens is 330 g/mol. The van der Waals surface area contributed by atoms with Gasteiger partial charge in [-0.25, -0.2) is 4.98 Å². The summed E-state index contributed by atoms with van der Waals surface area (Å²) in [4.78, 5) is 4.46. The highest BCUT2D eigenvalue weighted by atomic mass is 79.9. The predicted molar refractivity (Wildman–Crippen MR) is 88.7 cm³/mol. The summed E-state index contributed by atoms with van der Waals surface area (Å²) in [5, 5.41) is 0. The van der Waals surface area contributed by atoms with Crippen molar-refractivity contribution in [3.8, 4) is 5.75 Å². The maximum Gasteiger partial charge on any atom is 0.201 e. The van der Waals surface area contributed by atoms with Gasteiger partial charge in [0.05, 0.1) is 18.7 Å². The largest absolute Gasteiger partial charge is 0.494 e. The van der Waals surface area contributed by atoms with Crippen molar-refractivity contribution in [2.75, 3.05) is 12.8 Å². The topological polar surface area (TPSA) is 53.1 Å². The molecule has 1 aromatic heterocycles. The van der Waals surface area contributed by atoms with Crippen LogP contribution in [0.25, 0.3) is 11.0 Å². The van der Waals surface area contributed by atoms with Crippen LogP contribution < -0.4 is 10.5 Å². The van der Waals surface area contributed by atoms with E-state index in [4.69, 9.17) is 10.5 Å². The highest BCUT2D eigenvalue weighted by Crippen LogP contribution is 2.32. The van der Waals surface area contributed by atoms with Crippen molar-refractivity contribution in [3.05, 3.63) is 52.5 Å². The van der Waals surface area contributed by atoms with Crippen LogP contribution in [0, 0.1) is 0 Å². The molecule has 0 amide bonds. The Morgan fingerprint density at radius 2 is 2.00 bits per heavy atom. The molecule has 3 rings (SSSR count). The number of anilines is 1. The number of rotatable bonds is 3. The van der Waals surface area contributed by atoms with Gasteiger partial charge in [-0.3, -0.25) is 0 Å². The molecule has 0 spiro atoms. The molecule has 0 saturated heterocycles. The van der Waals surface area contributed by atoms with Crippen molar-refractivity contribution >= 4 is 32.9 Å². The molecule has 0 aliphatic carbocycles. The SMILES string of the molecule is COc1cccc2c1nc(N)n2C(C)c1cccc(Br)c1. The summed E-state index contributed by atoms with van der Waals surface area (Å²) >= 11 is 3.51. The molecule has 0 bridgehead atoms. The quantitative estimate of drug-likeness (QED) is 0.780. The van der Waals surface area contributed by atoms with Gasteiger partial charge in [-0.1, -0.05) is 34.1 Å². The summed E-state index contributed by atoms with van der Waals surface area (Å²) in [6.45, 7) is 2.11. The number of imidazole rings is 1. The summed E-state index contributed by atoms with van der Waals surface area (Å²) < 4.78 is 8.44. The van der Waals surface area contributed by atoms with E-state index in [-0.39, 0.29) is 6.04 Å². The Labute approximate surface area is 131 Å². The molecule has 1 atom stereocenters. The fraction of sp³-hybridized carbons (Fsp3) is 0.188. The number of ether oxygens (including phenoxy) is 1. The van der Waals surface area contributed by atoms with Gasteiger partial charge in [0, 0.05) is 4.47 Å². The Morgan fingerprint density at radius 1 is 1.24 bits per heavy atom. The number of aromatic nitrogens is 2. The lowest BCUT2D eigenvalue weighted by molar-refractivity contribution is 0.419. The van der Waals surface area contributed by atoms with Crippen LogP contribution >= 0.6 is 15.9 Å². The third-order valence-electron chi connectivity index (χ3n) is 3.65. The fourth-order valence-electron chi connectivity index (χ4n) is 2.60. The molecular formula is C16H16BrN3O. The van der Waals surface area contributed by atoms with Crippen molar-refractivity contribution in [1.29, 1.82) is 0 Å². The molecule has 21 heavy (non-hydrogen) atoms. The summed E-state index contributed by atoms with van der Waals surface area (Å²) in [7, 11) is 1.64. The third kappa shape index (κ3) is 2.38. The number of hydrogen-bond donors (Lipinski definition) is 1. The Balaban J connectivity index is 2.18. The molecule has 0 fully saturated rings. The van der Waals surface area contributed by atoms with Gasteiger partial charge in [0.15, 0.2) is 0 Å². The van der Waals surface area contributed by atoms with Crippen molar-refractivity contribution in [2.24, 2.45) is 0 Å². The van der Waals surface area contributed by atoms with Gasteiger partial charge in [0.1, 0.15) is 11.3 Å². The number of hydrogen-bond acceptors (Lipinski definition) is 3. The fourth-order valence-corrected chi connectivity index (χ4v) is 3.01. The van der Waals surface area contributed by atoms with Crippen molar-refractivity contribution in [3.63, 3.8) is 0 Å². The van der Waals surface area contributed by atoms with E-state index < -0.39 is 0 Å². The Bertz CT molecular complexity index is 797. The average molecular weight is 346 g/mol. The predicted octanol–water partition coefficient (Wildman–Crippen LogP) is 4.00. The minimum absolute atomic E-state index is 0.0830. The van der Waals surface area contributed by atoms with Crippen LogP contribution in [-0.2, 0) is 0 Å². The lowest BCUT2D eigenvalue weighted by atomic mass is 10.1. The maximum atomic E-state index is 6.14. The molecule has 1 heterocycles. The molecule has 4 nitrogen and oxygen atoms in total. The molecule has 5 heteroatoms. The molecule has 2 N–H and O–H groups in total. The van der Waals surface area contributed by atoms with Crippen LogP contribution in [0.2, 0.25) is 0 Å². The van der Waals surface area contributed by atoms with Gasteiger partial charge in [0.25, 0.3) is 0 Å². The summed E-state index contributed by atoms with van der Waals surface area (Å²) in [5.41, 5.74) is 9.07. The monoisotopic (exact) mass is 345 g/mol. The van der Waals surface area contributed by atoms with Crippen LogP contribution in [-0.4, -0.2) is 16.7 Å². The van der Waals surface area contributed by atoms with Gasteiger partial charge >= 0.3 is 0 Å². The Morgan fingerprint density at radius 3 is 2.71 bits per heavy atom. The molecule has 0 aliphatic heterocycles. The standard InChI is InChI=1S/C16H16BrN3O/c1-10(11-5-3-6-12(17)9-11)20-13-7-4-8-14(21-2)15(13)19-16(20)18/h3-10H,1-2H3,(H2,18,19). The van der Waals surface area contributed by atoms with E-state index >= 15 is 0 Å². The third-order valence-corrected chi connectivity index (χ3v) is 4.14. The van der Waals surface area contributed by atoms with Crippen LogP contribution in [0.5, 0.6) is 5.75 Å². The van der Waals surface area contributed by atoms with E-state index in [0.29, 0.717) is 5.95 Å². The van der Waals surface area contributed by atoms with E-state index in [2.05, 4.69) is 40.0 Å². The number of fused-ring (bicyclic) bond motifs is 1. The average Bonchev–Trinajstić information content (AvgIpc) is 2.82. The van der Waals surface area contributed by atoms with Gasteiger partial charge < -0.3 is 15.0 Å². The minimum atomic E-state index is 0.0830. The normalized spacial score (nSPS) is 12.5. The zero-order valence-electron chi connectivity index (χ0n) is 11.9. The molecule has 108 valence electrons. The number of nitrogen functional groups attached to an aromatic ring is 1. The van der Waals surface area contributed by atoms with Crippen molar-refractivity contribution in [2.45, 2.75) is 13.0 Å². The minimum Gasteiger partial charge on any atom is -0.494 e. The van der Waals surface area contributed by atoms with E-state index in [0.717, 1.165) is 26.8 Å². The van der Waals surface area contributed by atoms with Crippen LogP contribution in [0.3, 0.4) is 0 Å². The number of benzene rings is 2. The lowest BCUT2D eigenvalue weighted by Crippen LogP contribution is -2.10. The number of nitrogens with two attached hydrogens (primary N) is 1. The second-order valence-electron chi connectivity index (χ2n) is 4.90. The van der Waals surface area contributed by atoms with E-state index in [1.54, 1.807) is 7.11 Å². The highest BCUT2D eigenvalue weighted by Gasteiger charge is 2.17. The first-order chi connectivity index (χ1) is 10.1. The number of methoxy groups -OCH3 is 1. The second-order valence-corrected chi connectivity index (χ2v) is 5.81. The molecule has 0 aliphatic rings. The highest BCUT2D eigenvalue weighted by molar-refractivity contribution is 9.10. The molecule has 0 saturated carbocycles. The van der Waals surface area contributed by atoms with Crippen LogP contribution in [0.1, 0.15) is 18.5 Å². The zero-order chi connectivity index (χ0) is 15.0. The smallest absolute Gasteiger partial charge is 0.201 e. The zero-order valence-corrected chi connectivity index (χ0v) is 13.5. The number of halogens is 1. The van der Waals surface area contributed by atoms with Gasteiger partial charge in [-0.15, -0.1) is 0 Å². The Hall–Kier alpha value is -2.01. The van der Waals surface area contributed by atoms with Gasteiger partial charge in [0.2, 0.25) is 5.95 Å². The molecule has 3 aromatic rings. The lowest BCUT2D eigenvalue weighted by Gasteiger charge is -2.17. The van der Waals surface area contributed by atoms with Crippen molar-refractivity contribution in [1.82, 2.24) is 9.55 Å². The molecule has 1 unspecified atom stereocenters. The first-order valence-electron chi connectivity index (χ1n) is 6.67. The molecule has 2 aromatic carbocycles. The summed E-state index contributed by atoms with van der Waals surface area (Å²) in [6, 6.07) is 14.1. The van der Waals surface area contributed by atoms with Gasteiger partial charge in [-0.05, 0) is 36.8 Å². The first kappa shape index (κ1) is 13.9. The second kappa shape index (κ2) is 5.41. The number of nitrogens with zero attached hydrogens (tertiary/aromatic N) is 2. The van der Waals surface area contributed by atoms with Gasteiger partial charge in [-0.2, -0.15) is 0 Å². The Kier molecular flexibility index (Phi) is 3.59. The van der Waals surface area contributed by atoms with Crippen molar-refractivity contribution < 1.29 is 4.74 Å². The number of para-hydroxylation sites is 1. The van der Waals surface area contributed by atoms with E-state index in [1.807, 2.05) is 34.9 Å².